The number of ether oxygens (including phenoxy) is 10. The zero-order valence-corrected chi connectivity index (χ0v) is 67.8. The normalized spacial score (nSPS) is 33.2. The first-order valence-electron chi connectivity index (χ1n) is 42.6. The van der Waals surface area contributed by atoms with Gasteiger partial charge < -0.3 is 150 Å². The van der Waals surface area contributed by atoms with Gasteiger partial charge in [-0.15, -0.1) is 0 Å². The Morgan fingerprint density at radius 2 is 0.868 bits per heavy atom. The molecular weight excluding hydrogens is 1500 g/mol. The van der Waals surface area contributed by atoms with Gasteiger partial charge in [-0.2, -0.15) is 0 Å². The van der Waals surface area contributed by atoms with E-state index < -0.39 is 235 Å². The minimum Gasteiger partial charge on any atom is -0.477 e. The molecule has 114 heavy (non-hydrogen) atoms. The summed E-state index contributed by atoms with van der Waals surface area (Å²) in [5, 5.41) is 197. The zero-order valence-electron chi connectivity index (χ0n) is 67.8. The third kappa shape index (κ3) is 32.9. The Labute approximate surface area is 672 Å². The summed E-state index contributed by atoms with van der Waals surface area (Å²) in [6.07, 6.45) is -7.01. The summed E-state index contributed by atoms with van der Waals surface area (Å²) in [6, 6.07) is -4.81. The second-order valence-corrected chi connectivity index (χ2v) is 31.8. The fraction of sp³-hybridized carbons (Fsp3) is 0.925. The second kappa shape index (κ2) is 55.5. The molecule has 5 rings (SSSR count). The third-order valence-electron chi connectivity index (χ3n) is 22.3. The summed E-state index contributed by atoms with van der Waals surface area (Å²) in [5.41, 5.74) is 0. The lowest BCUT2D eigenvalue weighted by atomic mass is 9.88. The van der Waals surface area contributed by atoms with Crippen LogP contribution in [0.4, 0.5) is 0 Å². The number of hydrogen-bond donors (Lipinski definition) is 20. The van der Waals surface area contributed by atoms with Crippen molar-refractivity contribution in [2.75, 3.05) is 39.6 Å². The Balaban J connectivity index is 1.33. The van der Waals surface area contributed by atoms with E-state index in [4.69, 9.17) is 47.4 Å². The lowest BCUT2D eigenvalue weighted by molar-refractivity contribution is -0.403. The van der Waals surface area contributed by atoms with Gasteiger partial charge in [-0.25, -0.2) is 4.79 Å². The van der Waals surface area contributed by atoms with Crippen LogP contribution in [0.3, 0.4) is 0 Å². The molecule has 5 fully saturated rings. The predicted molar refractivity (Wildman–Crippen MR) is 411 cm³/mol. The lowest BCUT2D eigenvalue weighted by Crippen LogP contribution is -2.72. The van der Waals surface area contributed by atoms with Crippen LogP contribution in [0, 0.1) is 0 Å². The number of carbonyl (C=O) groups excluding carboxylic acids is 3. The molecule has 5 saturated heterocycles. The van der Waals surface area contributed by atoms with Gasteiger partial charge in [0.05, 0.1) is 63.9 Å². The molecular formula is C80H145N3O31. The van der Waals surface area contributed by atoms with Crippen LogP contribution >= 0.6 is 0 Å². The largest absolute Gasteiger partial charge is 0.477 e. The van der Waals surface area contributed by atoms with Crippen LogP contribution in [0.2, 0.25) is 0 Å². The summed E-state index contributed by atoms with van der Waals surface area (Å²) < 4.78 is 60.2. The number of aliphatic carboxylic acids is 1. The fourth-order valence-electron chi connectivity index (χ4n) is 15.6. The van der Waals surface area contributed by atoms with Gasteiger partial charge in [-0.05, 0) is 19.3 Å². The number of carboxylic acids is 1. The Hall–Kier alpha value is -3.42. The number of allylic oxidation sites excluding steroid dienone is 1. The highest BCUT2D eigenvalue weighted by Gasteiger charge is 2.62. The molecule has 20 N–H and O–H groups in total. The minimum atomic E-state index is -3.38. The van der Waals surface area contributed by atoms with Gasteiger partial charge in [0, 0.05) is 26.7 Å². The van der Waals surface area contributed by atoms with E-state index in [1.165, 1.54) is 148 Å². The number of unbranched alkanes of at least 4 members (excludes halogenated alkanes) is 32. The van der Waals surface area contributed by atoms with E-state index in [2.05, 4.69) is 29.8 Å². The number of rotatable bonds is 59. The van der Waals surface area contributed by atoms with Gasteiger partial charge in [0.25, 0.3) is 5.79 Å². The van der Waals surface area contributed by atoms with Crippen molar-refractivity contribution in [2.24, 2.45) is 0 Å². The molecule has 3 amide bonds. The van der Waals surface area contributed by atoms with Crippen LogP contribution in [-0.2, 0) is 66.5 Å². The van der Waals surface area contributed by atoms with Crippen molar-refractivity contribution in [2.45, 2.75) is 430 Å². The van der Waals surface area contributed by atoms with Gasteiger partial charge >= 0.3 is 5.97 Å². The number of carboxylic acid groups (broad SMARTS) is 1. The smallest absolute Gasteiger partial charge is 0.364 e. The van der Waals surface area contributed by atoms with Crippen molar-refractivity contribution >= 4 is 23.7 Å². The van der Waals surface area contributed by atoms with Crippen LogP contribution in [0.25, 0.3) is 0 Å². The second-order valence-electron chi connectivity index (χ2n) is 31.8. The van der Waals surface area contributed by atoms with E-state index in [0.717, 1.165) is 71.6 Å². The molecule has 0 aromatic carbocycles. The topological polar surface area (TPSA) is 541 Å². The molecule has 0 aromatic heterocycles. The molecule has 5 aliphatic rings. The Morgan fingerprint density at radius 3 is 1.35 bits per heavy atom. The van der Waals surface area contributed by atoms with Crippen molar-refractivity contribution in [3.8, 4) is 0 Å². The van der Waals surface area contributed by atoms with E-state index in [1.807, 2.05) is 6.08 Å². The van der Waals surface area contributed by atoms with Crippen molar-refractivity contribution in [1.82, 2.24) is 16.0 Å². The van der Waals surface area contributed by atoms with Gasteiger partial charge in [-0.1, -0.05) is 225 Å². The number of nitrogens with one attached hydrogen (secondary N) is 3. The first-order chi connectivity index (χ1) is 54.8. The van der Waals surface area contributed by atoms with E-state index in [-0.39, 0.29) is 12.3 Å². The summed E-state index contributed by atoms with van der Waals surface area (Å²) in [5.74, 6) is -7.70. The standard InChI is InChI=1S/C80H145N3O31/c1-5-7-9-11-13-15-17-19-20-21-22-23-24-25-26-27-29-31-33-35-37-39-41-59(94)83-51(52(91)40-38-36-34-32-30-28-18-16-14-12-10-8-6-2)48-105-76-68(101)66(99)70(57(46-87)108-76)110-78-69(102)74(114-80(79(103)104)42-53(92)60(81-49(3)89)73(113-80)62(95)54(93)43-84)71(58(47-88)109-78)111-75-61(82-50(4)90)72(64(97)56(45-86)106-75)112-77-67(100)65(98)63(96)55(44-85)107-77/h38,40,51-58,60-78,84-88,91-93,95-102H,5-37,39,41-48H2,1-4H3,(H,81,89)(H,82,90)(H,83,94)(H,103,104)/b40-38+/t51-,52+,53-,54-,55+,56+,57+,58+,60+,61+,62-,63-,64-,65-,66+,67+,68?,69+,70+,71-,72+,73?,74+,75-,76+,77-,78-,80-/m0/s1. The molecule has 0 spiro atoms. The van der Waals surface area contributed by atoms with E-state index in [9.17, 15) is 106 Å². The minimum absolute atomic E-state index is 0.136. The summed E-state index contributed by atoms with van der Waals surface area (Å²) in [6.45, 7) is 0.360. The number of carbonyl (C=O) groups is 4. The summed E-state index contributed by atoms with van der Waals surface area (Å²) in [7, 11) is 0. The number of aliphatic hydroxyl groups excluding tert-OH is 16. The number of hydrogen-bond acceptors (Lipinski definition) is 30. The predicted octanol–water partition coefficient (Wildman–Crippen LogP) is 1.69. The molecule has 5 aliphatic heterocycles. The van der Waals surface area contributed by atoms with Crippen molar-refractivity contribution in [3.05, 3.63) is 12.2 Å². The van der Waals surface area contributed by atoms with Crippen LogP contribution < -0.4 is 16.0 Å². The third-order valence-corrected chi connectivity index (χ3v) is 22.3. The van der Waals surface area contributed by atoms with Gasteiger partial charge in [0.1, 0.15) is 116 Å². The number of amides is 3. The molecule has 0 saturated carbocycles. The Bertz CT molecular complexity index is 2630. The highest BCUT2D eigenvalue weighted by atomic mass is 16.8. The average Bonchev–Trinajstić information content (AvgIpc) is 0.745. The van der Waals surface area contributed by atoms with Crippen LogP contribution in [-0.4, -0.2) is 321 Å². The highest BCUT2D eigenvalue weighted by Crippen LogP contribution is 2.41. The first-order valence-corrected chi connectivity index (χ1v) is 42.6. The van der Waals surface area contributed by atoms with Gasteiger partial charge in [-0.3, -0.25) is 14.4 Å². The Morgan fingerprint density at radius 1 is 0.456 bits per heavy atom. The maximum atomic E-state index is 13.8. The van der Waals surface area contributed by atoms with Crippen LogP contribution in [0.15, 0.2) is 12.2 Å². The zero-order chi connectivity index (χ0) is 83.7. The molecule has 0 bridgehead atoms. The fourth-order valence-corrected chi connectivity index (χ4v) is 15.6. The molecule has 666 valence electrons. The maximum Gasteiger partial charge on any atom is 0.364 e. The summed E-state index contributed by atoms with van der Waals surface area (Å²) >= 11 is 0. The summed E-state index contributed by atoms with van der Waals surface area (Å²) in [4.78, 5) is 53.1. The molecule has 28 atom stereocenters. The van der Waals surface area contributed by atoms with E-state index in [1.54, 1.807) is 6.08 Å². The Kier molecular flexibility index (Phi) is 49.2. The van der Waals surface area contributed by atoms with Crippen LogP contribution in [0.1, 0.15) is 259 Å². The molecule has 34 heteroatoms. The molecule has 0 radical (unpaired) electrons. The maximum absolute atomic E-state index is 13.8. The first kappa shape index (κ1) is 101. The lowest BCUT2D eigenvalue weighted by Gasteiger charge is -2.52. The highest BCUT2D eigenvalue weighted by molar-refractivity contribution is 5.77. The van der Waals surface area contributed by atoms with Gasteiger partial charge in [0.15, 0.2) is 25.2 Å². The molecule has 0 aromatic rings. The van der Waals surface area contributed by atoms with Crippen molar-refractivity contribution in [1.29, 1.82) is 0 Å². The molecule has 34 nitrogen and oxygen atoms in total. The SMILES string of the molecule is CCCCCCCCCCCCC/C=C/[C@@H](O)[C@H](CO[C@@H]1O[C@H](CO)[C@@H](O[C@@H]2O[C@H](CO)[C@H](O[C@@H]3O[C@H](CO)[C@H](O)[C@H](O[C@@H]4O[C@H](CO)[C@H](O)[C@H](O)[C@H]4O)[C@H]3NC(C)=O)[C@H](O[C@]3(C(=O)O)C[C@H](O)[C@@H](NC(C)=O)C([C@@H](O)[C@@H](O)CO)O3)[C@H]2O)[C@H](O)C1O)NC(=O)CCCCCCCCCCCCCCCCCCCCCCCC. The average molecular weight is 1650 g/mol. The van der Waals surface area contributed by atoms with E-state index in [0.29, 0.717) is 12.8 Å². The van der Waals surface area contributed by atoms with Gasteiger partial charge in [0.2, 0.25) is 17.7 Å². The molecule has 5 heterocycles. The molecule has 0 aliphatic carbocycles. The molecule has 2 unspecified atom stereocenters. The quantitative estimate of drug-likeness (QED) is 0.0304. The van der Waals surface area contributed by atoms with E-state index >= 15 is 0 Å². The van der Waals surface area contributed by atoms with Crippen LogP contribution in [0.5, 0.6) is 0 Å². The van der Waals surface area contributed by atoms with Crippen molar-refractivity contribution < 1.29 is 153 Å². The monoisotopic (exact) mass is 1640 g/mol. The number of aliphatic hydroxyl groups is 16. The van der Waals surface area contributed by atoms with Crippen molar-refractivity contribution in [3.63, 3.8) is 0 Å².